The molecule has 1 amide bonds. The summed E-state index contributed by atoms with van der Waals surface area (Å²) in [6, 6.07) is 7.92. The minimum atomic E-state index is -0.381. The van der Waals surface area contributed by atoms with Crippen molar-refractivity contribution >= 4 is 51.6 Å². The van der Waals surface area contributed by atoms with E-state index >= 15 is 0 Å². The lowest BCUT2D eigenvalue weighted by atomic mass is 9.85. The molecule has 3 aromatic heterocycles. The molecule has 0 aliphatic heterocycles. The first-order chi connectivity index (χ1) is 19.3. The van der Waals surface area contributed by atoms with Crippen LogP contribution in [0.15, 0.2) is 35.6 Å². The summed E-state index contributed by atoms with van der Waals surface area (Å²) in [6.07, 6.45) is 5.58. The number of ether oxygens (including phenoxy) is 1. The Labute approximate surface area is 246 Å². The maximum Gasteiger partial charge on any atom is 0.341 e. The van der Waals surface area contributed by atoms with E-state index in [0.29, 0.717) is 38.2 Å². The highest BCUT2D eigenvalue weighted by molar-refractivity contribution is 7.99. The molecule has 1 aliphatic carbocycles. The second kappa shape index (κ2) is 12.2. The van der Waals surface area contributed by atoms with Gasteiger partial charge in [0.2, 0.25) is 5.91 Å². The molecule has 1 aromatic carbocycles. The summed E-state index contributed by atoms with van der Waals surface area (Å²) >= 11 is 9.20. The van der Waals surface area contributed by atoms with E-state index in [4.69, 9.17) is 16.3 Å². The molecule has 1 atom stereocenters. The third-order valence-electron chi connectivity index (χ3n) is 6.90. The normalized spacial score (nSPS) is 14.7. The number of esters is 1. The van der Waals surface area contributed by atoms with E-state index < -0.39 is 0 Å². The molecule has 1 aliphatic rings. The van der Waals surface area contributed by atoms with Crippen LogP contribution in [0, 0.1) is 12.8 Å². The Hall–Kier alpha value is -3.15. The molecule has 0 fully saturated rings. The van der Waals surface area contributed by atoms with Gasteiger partial charge in [-0.2, -0.15) is 5.10 Å². The molecule has 9 nitrogen and oxygen atoms in total. The molecule has 0 saturated carbocycles. The first-order valence-electron chi connectivity index (χ1n) is 13.2. The number of amides is 1. The highest BCUT2D eigenvalue weighted by Crippen LogP contribution is 2.41. The Morgan fingerprint density at radius 1 is 1.27 bits per heavy atom. The van der Waals surface area contributed by atoms with Crippen molar-refractivity contribution in [2.24, 2.45) is 13.0 Å². The van der Waals surface area contributed by atoms with E-state index in [1.807, 2.05) is 35.8 Å². The molecule has 210 valence electrons. The van der Waals surface area contributed by atoms with Crippen LogP contribution in [0.3, 0.4) is 0 Å². The number of carbonyl (C=O) groups is 2. The van der Waals surface area contributed by atoms with Crippen LogP contribution in [-0.2, 0) is 29.4 Å². The summed E-state index contributed by atoms with van der Waals surface area (Å²) in [4.78, 5) is 27.3. The van der Waals surface area contributed by atoms with Gasteiger partial charge in [0.15, 0.2) is 11.0 Å². The second-order valence-corrected chi connectivity index (χ2v) is 12.2. The van der Waals surface area contributed by atoms with E-state index in [-0.39, 0.29) is 24.2 Å². The molecule has 5 rings (SSSR count). The van der Waals surface area contributed by atoms with Crippen LogP contribution < -0.4 is 5.32 Å². The van der Waals surface area contributed by atoms with Crippen LogP contribution in [0.5, 0.6) is 0 Å². The zero-order valence-electron chi connectivity index (χ0n) is 22.9. The number of halogens is 1. The van der Waals surface area contributed by atoms with Crippen LogP contribution in [0.2, 0.25) is 5.02 Å². The molecule has 0 radical (unpaired) electrons. The number of benzene rings is 1. The number of hydrogen-bond donors (Lipinski definition) is 1. The molecule has 40 heavy (non-hydrogen) atoms. The van der Waals surface area contributed by atoms with Crippen molar-refractivity contribution < 1.29 is 14.3 Å². The summed E-state index contributed by atoms with van der Waals surface area (Å²) in [7, 11) is 1.79. The Bertz CT molecular complexity index is 1560. The fourth-order valence-corrected chi connectivity index (χ4v) is 7.31. The van der Waals surface area contributed by atoms with Crippen molar-refractivity contribution in [2.75, 3.05) is 17.7 Å². The lowest BCUT2D eigenvalue weighted by Crippen LogP contribution is -2.18. The number of thioether (sulfide) groups is 1. The van der Waals surface area contributed by atoms with Gasteiger partial charge in [-0.1, -0.05) is 48.8 Å². The third kappa shape index (κ3) is 5.82. The minimum absolute atomic E-state index is 0.0717. The first-order valence-corrected chi connectivity index (χ1v) is 15.4. The van der Waals surface area contributed by atoms with Crippen molar-refractivity contribution in [3.63, 3.8) is 0 Å². The summed E-state index contributed by atoms with van der Waals surface area (Å²) < 4.78 is 8.84. The quantitative estimate of drug-likeness (QED) is 0.183. The zero-order chi connectivity index (χ0) is 28.4. The number of aromatic nitrogens is 5. The largest absolute Gasteiger partial charge is 0.462 e. The fourth-order valence-electron chi connectivity index (χ4n) is 4.93. The fraction of sp³-hybridized carbons (Fsp3) is 0.393. The lowest BCUT2D eigenvalue weighted by molar-refractivity contribution is -0.113. The van der Waals surface area contributed by atoms with E-state index in [2.05, 4.69) is 27.5 Å². The monoisotopic (exact) mass is 598 g/mol. The van der Waals surface area contributed by atoms with Gasteiger partial charge in [0, 0.05) is 18.1 Å². The number of thiophene rings is 1. The van der Waals surface area contributed by atoms with Crippen LogP contribution in [0.1, 0.15) is 53.1 Å². The van der Waals surface area contributed by atoms with Gasteiger partial charge in [-0.05, 0) is 62.3 Å². The molecule has 1 unspecified atom stereocenters. The standard InChI is InChI=1S/C28H31ClN6O3S2/c1-5-17-10-11-19-21(13-17)40-26(23(19)27(37)38-6-2)30-22(36)15-39-28-32-31-25(24-20(29)14-34(4)33-24)35(28)18-9-7-8-16(3)12-18/h7-9,12,14,17H,5-6,10-11,13,15H2,1-4H3,(H,30,36). The third-order valence-corrected chi connectivity index (χ3v) is 9.27. The molecule has 12 heteroatoms. The van der Waals surface area contributed by atoms with Crippen molar-refractivity contribution in [3.8, 4) is 17.2 Å². The molecule has 4 aromatic rings. The van der Waals surface area contributed by atoms with Gasteiger partial charge in [-0.15, -0.1) is 21.5 Å². The summed E-state index contributed by atoms with van der Waals surface area (Å²) in [6.45, 7) is 6.27. The lowest BCUT2D eigenvalue weighted by Gasteiger charge is -2.20. The van der Waals surface area contributed by atoms with Crippen LogP contribution in [-0.4, -0.2) is 48.8 Å². The van der Waals surface area contributed by atoms with Crippen molar-refractivity contribution in [2.45, 2.75) is 51.6 Å². The number of rotatable bonds is 9. The Balaban J connectivity index is 1.40. The maximum atomic E-state index is 13.2. The molecular weight excluding hydrogens is 568 g/mol. The number of hydrogen-bond acceptors (Lipinski definition) is 8. The Morgan fingerprint density at radius 3 is 2.80 bits per heavy atom. The van der Waals surface area contributed by atoms with Gasteiger partial charge in [0.1, 0.15) is 10.7 Å². The van der Waals surface area contributed by atoms with Crippen molar-refractivity contribution in [1.82, 2.24) is 24.5 Å². The molecular formula is C28H31ClN6O3S2. The number of anilines is 1. The average molecular weight is 599 g/mol. The number of nitrogens with one attached hydrogen (secondary N) is 1. The summed E-state index contributed by atoms with van der Waals surface area (Å²) in [5, 5.41) is 17.8. The highest BCUT2D eigenvalue weighted by atomic mass is 35.5. The van der Waals surface area contributed by atoms with Gasteiger partial charge in [0.05, 0.1) is 28.6 Å². The molecule has 3 heterocycles. The number of nitrogens with zero attached hydrogens (tertiary/aromatic N) is 5. The number of fused-ring (bicyclic) bond motifs is 1. The minimum Gasteiger partial charge on any atom is -0.462 e. The van der Waals surface area contributed by atoms with Gasteiger partial charge < -0.3 is 10.1 Å². The number of carbonyl (C=O) groups excluding carboxylic acids is 2. The van der Waals surface area contributed by atoms with E-state index in [1.165, 1.54) is 28.0 Å². The topological polar surface area (TPSA) is 104 Å². The zero-order valence-corrected chi connectivity index (χ0v) is 25.3. The predicted molar refractivity (Wildman–Crippen MR) is 159 cm³/mol. The van der Waals surface area contributed by atoms with Gasteiger partial charge in [-0.3, -0.25) is 14.0 Å². The molecule has 0 bridgehead atoms. The van der Waals surface area contributed by atoms with Crippen molar-refractivity contribution in [3.05, 3.63) is 57.1 Å². The Kier molecular flexibility index (Phi) is 8.62. The van der Waals surface area contributed by atoms with E-state index in [1.54, 1.807) is 24.9 Å². The molecule has 0 spiro atoms. The van der Waals surface area contributed by atoms with Crippen LogP contribution >= 0.6 is 34.7 Å². The average Bonchev–Trinajstić information content (AvgIpc) is 3.60. The van der Waals surface area contributed by atoms with Gasteiger partial charge in [0.25, 0.3) is 0 Å². The molecule has 1 N–H and O–H groups in total. The maximum absolute atomic E-state index is 13.2. The highest BCUT2D eigenvalue weighted by Gasteiger charge is 2.30. The van der Waals surface area contributed by atoms with Crippen LogP contribution in [0.25, 0.3) is 17.2 Å². The van der Waals surface area contributed by atoms with E-state index in [0.717, 1.165) is 42.5 Å². The summed E-state index contributed by atoms with van der Waals surface area (Å²) in [5.74, 6) is 0.532. The molecule has 0 saturated heterocycles. The van der Waals surface area contributed by atoms with Gasteiger partial charge >= 0.3 is 5.97 Å². The summed E-state index contributed by atoms with van der Waals surface area (Å²) in [5.41, 5.74) is 3.93. The Morgan fingerprint density at radius 2 is 2.10 bits per heavy atom. The number of aryl methyl sites for hydroxylation is 2. The SMILES string of the molecule is CCOC(=O)c1c(NC(=O)CSc2nnc(-c3nn(C)cc3Cl)n2-c2cccc(C)c2)sc2c1CCC(CC)C2. The van der Waals surface area contributed by atoms with Gasteiger partial charge in [-0.25, -0.2) is 4.79 Å². The second-order valence-electron chi connectivity index (χ2n) is 9.76. The van der Waals surface area contributed by atoms with Crippen LogP contribution in [0.4, 0.5) is 5.00 Å². The predicted octanol–water partition coefficient (Wildman–Crippen LogP) is 6.11. The van der Waals surface area contributed by atoms with Crippen molar-refractivity contribution in [1.29, 1.82) is 0 Å². The van der Waals surface area contributed by atoms with E-state index in [9.17, 15) is 9.59 Å². The smallest absolute Gasteiger partial charge is 0.341 e. The first kappa shape index (κ1) is 28.4.